The molecule has 3 aromatic rings. The number of carbonyl (C=O) groups is 1. The lowest BCUT2D eigenvalue weighted by Gasteiger charge is -2.14. The molecular weight excluding hydrogens is 468 g/mol. The number of halogens is 2. The predicted molar refractivity (Wildman–Crippen MR) is 154 cm³/mol. The van der Waals surface area contributed by atoms with E-state index in [0.717, 1.165) is 40.3 Å². The van der Waals surface area contributed by atoms with Gasteiger partial charge in [0.25, 0.3) is 5.91 Å². The van der Waals surface area contributed by atoms with Crippen molar-refractivity contribution in [2.45, 2.75) is 62.3 Å². The van der Waals surface area contributed by atoms with Crippen molar-refractivity contribution >= 4 is 17.3 Å². The summed E-state index contributed by atoms with van der Waals surface area (Å²) in [5.74, 6) is 0.252. The zero-order chi connectivity index (χ0) is 28.5. The van der Waals surface area contributed by atoms with E-state index in [-0.39, 0.29) is 0 Å². The molecule has 1 heterocycles. The minimum absolute atomic E-state index is 0.442. The van der Waals surface area contributed by atoms with Gasteiger partial charge in [-0.25, -0.2) is 8.78 Å². The van der Waals surface area contributed by atoms with Crippen LogP contribution >= 0.6 is 0 Å². The lowest BCUT2D eigenvalue weighted by atomic mass is 10.1. The van der Waals surface area contributed by atoms with E-state index >= 15 is 0 Å². The number of carbonyl (C=O) groups excluding carboxylic acids is 1. The number of hydrogen-bond donors (Lipinski definition) is 2. The molecule has 0 fully saturated rings. The highest BCUT2D eigenvalue weighted by Gasteiger charge is 2.17. The van der Waals surface area contributed by atoms with Crippen LogP contribution in [0.5, 0.6) is 0 Å². The third kappa shape index (κ3) is 8.95. The van der Waals surface area contributed by atoms with Gasteiger partial charge in [0, 0.05) is 30.0 Å². The van der Waals surface area contributed by atoms with Crippen LogP contribution in [-0.4, -0.2) is 22.8 Å². The molecule has 2 N–H and O–H groups in total. The van der Waals surface area contributed by atoms with Gasteiger partial charge in [-0.15, -0.1) is 0 Å². The third-order valence-corrected chi connectivity index (χ3v) is 4.85. The van der Waals surface area contributed by atoms with Crippen LogP contribution in [0.2, 0.25) is 0 Å². The second-order valence-electron chi connectivity index (χ2n) is 6.94. The van der Waals surface area contributed by atoms with E-state index in [1.807, 2.05) is 91.6 Å². The number of aryl methyl sites for hydroxylation is 1. The maximum Gasteiger partial charge on any atom is 0.261 e. The van der Waals surface area contributed by atoms with Crippen LogP contribution in [0.1, 0.15) is 77.1 Å². The number of allylic oxidation sites excluding steroid dienone is 1. The number of aromatic nitrogens is 1. The van der Waals surface area contributed by atoms with E-state index in [0.29, 0.717) is 5.69 Å². The Hall–Kier alpha value is -3.85. The number of amides is 1. The van der Waals surface area contributed by atoms with E-state index in [4.69, 9.17) is 0 Å². The highest BCUT2D eigenvalue weighted by Crippen LogP contribution is 2.29. The molecule has 0 unspecified atom stereocenters. The summed E-state index contributed by atoms with van der Waals surface area (Å²) in [6, 6.07) is 15.5. The second-order valence-corrected chi connectivity index (χ2v) is 6.94. The van der Waals surface area contributed by atoms with Crippen molar-refractivity contribution in [1.82, 2.24) is 9.88 Å². The second kappa shape index (κ2) is 17.6. The number of hydrogen-bond acceptors (Lipinski definition) is 2. The van der Waals surface area contributed by atoms with Gasteiger partial charge < -0.3 is 15.2 Å². The van der Waals surface area contributed by atoms with Crippen LogP contribution < -0.4 is 5.32 Å². The Kier molecular flexibility index (Phi) is 15.7. The highest BCUT2D eigenvalue weighted by molar-refractivity contribution is 6.04. The van der Waals surface area contributed by atoms with Gasteiger partial charge in [-0.1, -0.05) is 71.7 Å². The Bertz CT molecular complexity index is 1180. The molecule has 37 heavy (non-hydrogen) atoms. The van der Waals surface area contributed by atoms with E-state index in [1.54, 1.807) is 19.1 Å². The van der Waals surface area contributed by atoms with E-state index in [2.05, 4.69) is 22.3 Å². The molecule has 0 saturated carbocycles. The first-order valence-corrected chi connectivity index (χ1v) is 12.7. The van der Waals surface area contributed by atoms with Crippen molar-refractivity contribution in [2.75, 3.05) is 12.4 Å². The summed E-state index contributed by atoms with van der Waals surface area (Å²) >= 11 is 0. The average Bonchev–Trinajstić information content (AvgIpc) is 3.29. The normalized spacial score (nSPS) is 9.68. The average molecular weight is 510 g/mol. The molecule has 0 spiro atoms. The molecular formula is C31H41F2N3O. The zero-order valence-corrected chi connectivity index (χ0v) is 23.8. The van der Waals surface area contributed by atoms with Gasteiger partial charge in [0.2, 0.25) is 0 Å². The summed E-state index contributed by atoms with van der Waals surface area (Å²) in [6.07, 6.45) is 1.99. The Balaban J connectivity index is 0.00000201. The number of nitrogens with one attached hydrogen (secondary N) is 2. The maximum atomic E-state index is 13.8. The van der Waals surface area contributed by atoms with Gasteiger partial charge in [0.15, 0.2) is 0 Å². The lowest BCUT2D eigenvalue weighted by Crippen LogP contribution is -2.15. The summed E-state index contributed by atoms with van der Waals surface area (Å²) in [4.78, 5) is 17.5. The summed E-state index contributed by atoms with van der Waals surface area (Å²) in [7, 11) is 1.90. The molecule has 200 valence electrons. The standard InChI is InChI=1S/C25H23F2N3O.3C2H6/c1-5-14-30(4)23(6-2)22-15-19(16(3)28-22)17-10-12-18(13-11-17)29-25(31)24-20(26)8-7-9-21(24)27;3*1-2/h6-13,15,28H,1-4H3,(H,29,31);3*1-2H3/b23-6-;;;. The van der Waals surface area contributed by atoms with E-state index in [9.17, 15) is 13.6 Å². The summed E-state index contributed by atoms with van der Waals surface area (Å²) in [5, 5.41) is 2.54. The molecule has 1 amide bonds. The molecule has 3 rings (SSSR count). The van der Waals surface area contributed by atoms with Gasteiger partial charge >= 0.3 is 0 Å². The minimum Gasteiger partial charge on any atom is -0.357 e. The summed E-state index contributed by atoms with van der Waals surface area (Å²) in [5.41, 5.74) is 4.66. The molecule has 0 aliphatic heterocycles. The van der Waals surface area contributed by atoms with Crippen LogP contribution in [0.3, 0.4) is 0 Å². The Labute approximate surface area is 221 Å². The first-order valence-electron chi connectivity index (χ1n) is 12.7. The third-order valence-electron chi connectivity index (χ3n) is 4.85. The monoisotopic (exact) mass is 509 g/mol. The number of H-pyrrole nitrogens is 1. The fraction of sp³-hybridized carbons (Fsp3) is 0.323. The number of rotatable bonds is 5. The maximum absolute atomic E-state index is 13.8. The molecule has 0 aliphatic rings. The van der Waals surface area contributed by atoms with Crippen LogP contribution in [0.25, 0.3) is 16.8 Å². The van der Waals surface area contributed by atoms with Gasteiger partial charge in [0.05, 0.1) is 11.4 Å². The van der Waals surface area contributed by atoms with Crippen molar-refractivity contribution in [3.05, 3.63) is 83.2 Å². The highest BCUT2D eigenvalue weighted by atomic mass is 19.1. The number of nitrogens with zero attached hydrogens (tertiary/aromatic N) is 1. The minimum atomic E-state index is -0.901. The molecule has 0 atom stereocenters. The Morgan fingerprint density at radius 1 is 0.973 bits per heavy atom. The van der Waals surface area contributed by atoms with Crippen molar-refractivity contribution in [3.8, 4) is 23.1 Å². The van der Waals surface area contributed by atoms with Crippen molar-refractivity contribution < 1.29 is 13.6 Å². The molecule has 0 radical (unpaired) electrons. The van der Waals surface area contributed by atoms with Gasteiger partial charge in [0.1, 0.15) is 17.2 Å². The fourth-order valence-corrected chi connectivity index (χ4v) is 3.40. The Morgan fingerprint density at radius 3 is 2.00 bits per heavy atom. The molecule has 0 bridgehead atoms. The topological polar surface area (TPSA) is 48.1 Å². The molecule has 6 heteroatoms. The SMILES string of the molecule is CC.CC.CC.CC#CN(C)/C(=C\C)c1cc(-c2ccc(NC(=O)c3c(F)cccc3F)cc2)c(C)[nH]1. The lowest BCUT2D eigenvalue weighted by molar-refractivity contribution is 0.101. The van der Waals surface area contributed by atoms with Crippen LogP contribution in [0, 0.1) is 30.5 Å². The Morgan fingerprint density at radius 2 is 1.51 bits per heavy atom. The first-order chi connectivity index (χ1) is 17.8. The van der Waals surface area contributed by atoms with Gasteiger partial charge in [-0.2, -0.15) is 0 Å². The molecule has 2 aromatic carbocycles. The number of anilines is 1. The molecule has 4 nitrogen and oxygen atoms in total. The molecule has 1 aromatic heterocycles. The summed E-state index contributed by atoms with van der Waals surface area (Å²) in [6.45, 7) is 17.7. The van der Waals surface area contributed by atoms with E-state index < -0.39 is 23.1 Å². The largest absolute Gasteiger partial charge is 0.357 e. The van der Waals surface area contributed by atoms with Crippen LogP contribution in [0.4, 0.5) is 14.5 Å². The number of aromatic amines is 1. The first kappa shape index (κ1) is 33.1. The van der Waals surface area contributed by atoms with E-state index in [1.165, 1.54) is 6.07 Å². The number of benzene rings is 2. The van der Waals surface area contributed by atoms with Crippen LogP contribution in [-0.2, 0) is 0 Å². The van der Waals surface area contributed by atoms with Crippen molar-refractivity contribution in [2.24, 2.45) is 0 Å². The van der Waals surface area contributed by atoms with Crippen molar-refractivity contribution in [1.29, 1.82) is 0 Å². The van der Waals surface area contributed by atoms with Gasteiger partial charge in [-0.05, 0) is 56.7 Å². The fourth-order valence-electron chi connectivity index (χ4n) is 3.40. The van der Waals surface area contributed by atoms with Crippen LogP contribution in [0.15, 0.2) is 54.6 Å². The van der Waals surface area contributed by atoms with Gasteiger partial charge in [-0.3, -0.25) is 4.79 Å². The summed E-state index contributed by atoms with van der Waals surface area (Å²) < 4.78 is 27.6. The predicted octanol–water partition coefficient (Wildman–Crippen LogP) is 8.87. The smallest absolute Gasteiger partial charge is 0.261 e. The molecule has 0 aliphatic carbocycles. The van der Waals surface area contributed by atoms with Crippen molar-refractivity contribution in [3.63, 3.8) is 0 Å². The molecule has 0 saturated heterocycles. The zero-order valence-electron chi connectivity index (χ0n) is 23.8. The quantitative estimate of drug-likeness (QED) is 0.266.